The molecule has 0 amide bonds. The Balaban J connectivity index is 1.70. The zero-order chi connectivity index (χ0) is 14.8. The van der Waals surface area contributed by atoms with Crippen LogP contribution in [0.5, 0.6) is 0 Å². The highest BCUT2D eigenvalue weighted by atomic mass is 14.7. The van der Waals surface area contributed by atoms with Gasteiger partial charge in [-0.3, -0.25) is 4.99 Å². The third-order valence-corrected chi connectivity index (χ3v) is 4.69. The molecule has 0 radical (unpaired) electrons. The third kappa shape index (κ3) is 2.45. The van der Waals surface area contributed by atoms with Crippen LogP contribution in [0, 0.1) is 0 Å². The normalized spacial score (nSPS) is 16.0. The van der Waals surface area contributed by atoms with E-state index in [0.29, 0.717) is 5.92 Å². The summed E-state index contributed by atoms with van der Waals surface area (Å²) >= 11 is 0. The first-order valence-electron chi connectivity index (χ1n) is 8.11. The van der Waals surface area contributed by atoms with Crippen molar-refractivity contribution >= 4 is 22.8 Å². The van der Waals surface area contributed by atoms with Crippen molar-refractivity contribution in [3.05, 3.63) is 65.9 Å². The molecule has 0 unspecified atom stereocenters. The second kappa shape index (κ2) is 5.80. The van der Waals surface area contributed by atoms with Crippen molar-refractivity contribution in [1.29, 1.82) is 0 Å². The molecule has 1 fully saturated rings. The quantitative estimate of drug-likeness (QED) is 0.610. The SMILES string of the molecule is C(=Nc1ccccc1C1CCCC1)c1cccc2cc[nH]c12. The molecule has 2 heteroatoms. The molecule has 0 spiro atoms. The predicted molar refractivity (Wildman–Crippen MR) is 93.2 cm³/mol. The highest BCUT2D eigenvalue weighted by Gasteiger charge is 2.19. The molecule has 0 bridgehead atoms. The van der Waals surface area contributed by atoms with E-state index < -0.39 is 0 Å². The first kappa shape index (κ1) is 13.3. The number of para-hydroxylation sites is 2. The molecule has 2 aromatic carbocycles. The molecule has 2 nitrogen and oxygen atoms in total. The smallest absolute Gasteiger partial charge is 0.0664 e. The summed E-state index contributed by atoms with van der Waals surface area (Å²) in [6.45, 7) is 0. The molecule has 1 N–H and O–H groups in total. The lowest BCUT2D eigenvalue weighted by atomic mass is 9.96. The minimum Gasteiger partial charge on any atom is -0.361 e. The summed E-state index contributed by atoms with van der Waals surface area (Å²) in [6.07, 6.45) is 9.29. The lowest BCUT2D eigenvalue weighted by molar-refractivity contribution is 0.724. The van der Waals surface area contributed by atoms with Crippen molar-refractivity contribution in [2.75, 3.05) is 0 Å². The van der Waals surface area contributed by atoms with E-state index in [1.54, 1.807) is 0 Å². The fourth-order valence-corrected chi connectivity index (χ4v) is 3.54. The van der Waals surface area contributed by atoms with Gasteiger partial charge in [-0.2, -0.15) is 0 Å². The maximum Gasteiger partial charge on any atom is 0.0664 e. The Bertz CT molecular complexity index is 807. The third-order valence-electron chi connectivity index (χ3n) is 4.69. The summed E-state index contributed by atoms with van der Waals surface area (Å²) in [5, 5.41) is 1.23. The minimum atomic E-state index is 0.689. The molecular formula is C20H20N2. The summed E-state index contributed by atoms with van der Waals surface area (Å²) in [4.78, 5) is 8.11. The number of benzene rings is 2. The molecule has 0 saturated heterocycles. The number of rotatable bonds is 3. The summed E-state index contributed by atoms with van der Waals surface area (Å²) in [5.41, 5.74) is 4.83. The highest BCUT2D eigenvalue weighted by molar-refractivity contribution is 5.98. The topological polar surface area (TPSA) is 28.1 Å². The number of aliphatic imine (C=N–C) groups is 1. The van der Waals surface area contributed by atoms with E-state index in [-0.39, 0.29) is 0 Å². The lowest BCUT2D eigenvalue weighted by Crippen LogP contribution is -1.92. The van der Waals surface area contributed by atoms with Gasteiger partial charge in [-0.05, 0) is 36.5 Å². The van der Waals surface area contributed by atoms with Gasteiger partial charge in [0.05, 0.1) is 11.2 Å². The first-order valence-corrected chi connectivity index (χ1v) is 8.11. The molecule has 0 aliphatic heterocycles. The van der Waals surface area contributed by atoms with Gasteiger partial charge in [0.1, 0.15) is 0 Å². The summed E-state index contributed by atoms with van der Waals surface area (Å²) in [5.74, 6) is 0.689. The average molecular weight is 288 g/mol. The summed E-state index contributed by atoms with van der Waals surface area (Å²) in [6, 6.07) is 17.0. The van der Waals surface area contributed by atoms with Gasteiger partial charge in [0, 0.05) is 23.4 Å². The summed E-state index contributed by atoms with van der Waals surface area (Å²) < 4.78 is 0. The number of aromatic nitrogens is 1. The van der Waals surface area contributed by atoms with Crippen LogP contribution >= 0.6 is 0 Å². The van der Waals surface area contributed by atoms with Crippen molar-refractivity contribution in [3.8, 4) is 0 Å². The fraction of sp³-hybridized carbons (Fsp3) is 0.250. The van der Waals surface area contributed by atoms with Crippen LogP contribution in [0.3, 0.4) is 0 Å². The molecule has 1 heterocycles. The molecular weight excluding hydrogens is 268 g/mol. The van der Waals surface area contributed by atoms with E-state index in [0.717, 1.165) is 16.8 Å². The zero-order valence-corrected chi connectivity index (χ0v) is 12.6. The fourth-order valence-electron chi connectivity index (χ4n) is 3.54. The lowest BCUT2D eigenvalue weighted by Gasteiger charge is -2.12. The van der Waals surface area contributed by atoms with Crippen LogP contribution < -0.4 is 0 Å². The molecule has 1 aromatic heterocycles. The average Bonchev–Trinajstić information content (AvgIpc) is 3.24. The van der Waals surface area contributed by atoms with E-state index >= 15 is 0 Å². The van der Waals surface area contributed by atoms with Crippen LogP contribution in [0.4, 0.5) is 5.69 Å². The van der Waals surface area contributed by atoms with Gasteiger partial charge < -0.3 is 4.98 Å². The number of nitrogens with zero attached hydrogens (tertiary/aromatic N) is 1. The zero-order valence-electron chi connectivity index (χ0n) is 12.6. The minimum absolute atomic E-state index is 0.689. The van der Waals surface area contributed by atoms with Gasteiger partial charge in [0.15, 0.2) is 0 Å². The van der Waals surface area contributed by atoms with Crippen molar-refractivity contribution in [3.63, 3.8) is 0 Å². The van der Waals surface area contributed by atoms with Crippen LogP contribution in [0.1, 0.15) is 42.7 Å². The highest BCUT2D eigenvalue weighted by Crippen LogP contribution is 2.38. The largest absolute Gasteiger partial charge is 0.361 e. The van der Waals surface area contributed by atoms with Gasteiger partial charge in [0.2, 0.25) is 0 Å². The molecule has 3 aromatic rings. The van der Waals surface area contributed by atoms with Gasteiger partial charge in [-0.25, -0.2) is 0 Å². The van der Waals surface area contributed by atoms with Crippen molar-refractivity contribution in [2.24, 2.45) is 4.99 Å². The number of H-pyrrole nitrogens is 1. The number of nitrogens with one attached hydrogen (secondary N) is 1. The molecule has 1 aliphatic rings. The Morgan fingerprint density at radius 3 is 2.73 bits per heavy atom. The van der Waals surface area contributed by atoms with Crippen molar-refractivity contribution < 1.29 is 0 Å². The van der Waals surface area contributed by atoms with E-state index in [1.165, 1.54) is 36.6 Å². The molecule has 1 saturated carbocycles. The van der Waals surface area contributed by atoms with E-state index in [9.17, 15) is 0 Å². The number of hydrogen-bond acceptors (Lipinski definition) is 1. The molecule has 22 heavy (non-hydrogen) atoms. The van der Waals surface area contributed by atoms with Gasteiger partial charge >= 0.3 is 0 Å². The van der Waals surface area contributed by atoms with Crippen LogP contribution in [0.2, 0.25) is 0 Å². The Morgan fingerprint density at radius 2 is 1.82 bits per heavy atom. The van der Waals surface area contributed by atoms with E-state index in [1.807, 2.05) is 12.4 Å². The maximum atomic E-state index is 4.81. The van der Waals surface area contributed by atoms with Gasteiger partial charge in [0.25, 0.3) is 0 Å². The van der Waals surface area contributed by atoms with Crippen molar-refractivity contribution in [2.45, 2.75) is 31.6 Å². The van der Waals surface area contributed by atoms with Gasteiger partial charge in [-0.1, -0.05) is 49.2 Å². The standard InChI is InChI=1S/C20H20N2/c1-2-7-15(6-1)18-10-3-4-11-19(18)22-14-17-9-5-8-16-12-13-21-20(16)17/h3-5,8-15,21H,1-2,6-7H2. The van der Waals surface area contributed by atoms with Crippen LogP contribution in [0.15, 0.2) is 59.7 Å². The van der Waals surface area contributed by atoms with E-state index in [4.69, 9.17) is 4.99 Å². The molecule has 1 aliphatic carbocycles. The van der Waals surface area contributed by atoms with Crippen LogP contribution in [-0.4, -0.2) is 11.2 Å². The second-order valence-electron chi connectivity index (χ2n) is 6.09. The monoisotopic (exact) mass is 288 g/mol. The van der Waals surface area contributed by atoms with Crippen molar-refractivity contribution in [1.82, 2.24) is 4.98 Å². The Kier molecular flexibility index (Phi) is 3.51. The number of fused-ring (bicyclic) bond motifs is 1. The predicted octanol–water partition coefficient (Wildman–Crippen LogP) is 5.58. The molecule has 0 atom stereocenters. The van der Waals surface area contributed by atoms with Gasteiger partial charge in [-0.15, -0.1) is 0 Å². The van der Waals surface area contributed by atoms with Crippen LogP contribution in [-0.2, 0) is 0 Å². The number of hydrogen-bond donors (Lipinski definition) is 1. The Labute approximate surface area is 130 Å². The second-order valence-corrected chi connectivity index (χ2v) is 6.09. The Hall–Kier alpha value is -2.35. The molecule has 4 rings (SSSR count). The maximum absolute atomic E-state index is 4.81. The molecule has 110 valence electrons. The summed E-state index contributed by atoms with van der Waals surface area (Å²) in [7, 11) is 0. The van der Waals surface area contributed by atoms with Crippen LogP contribution in [0.25, 0.3) is 10.9 Å². The Morgan fingerprint density at radius 1 is 0.955 bits per heavy atom. The number of aromatic amines is 1. The first-order chi connectivity index (χ1) is 10.9. The van der Waals surface area contributed by atoms with E-state index in [2.05, 4.69) is 53.5 Å².